The highest BCUT2D eigenvalue weighted by atomic mass is 16.3. The van der Waals surface area contributed by atoms with E-state index >= 15 is 0 Å². The van der Waals surface area contributed by atoms with E-state index in [0.717, 1.165) is 19.4 Å². The number of hydrogen-bond acceptors (Lipinski definition) is 4. The second-order valence-electron chi connectivity index (χ2n) is 3.44. The Hall–Kier alpha value is -0.870. The maximum Gasteiger partial charge on any atom is 0.211 e. The van der Waals surface area contributed by atoms with Crippen LogP contribution in [-0.4, -0.2) is 16.6 Å². The van der Waals surface area contributed by atoms with Gasteiger partial charge in [0, 0.05) is 0 Å². The van der Waals surface area contributed by atoms with Crippen molar-refractivity contribution in [2.24, 2.45) is 0 Å². The molecule has 0 spiro atoms. The fraction of sp³-hybridized carbons (Fsp3) is 0.667. The maximum atomic E-state index is 9.24. The van der Waals surface area contributed by atoms with E-state index in [4.69, 9.17) is 4.42 Å². The molecule has 2 heterocycles. The van der Waals surface area contributed by atoms with Gasteiger partial charge in [0.1, 0.15) is 12.0 Å². The van der Waals surface area contributed by atoms with E-state index < -0.39 is 6.10 Å². The number of hydrogen-bond donors (Lipinski definition) is 2. The van der Waals surface area contributed by atoms with Gasteiger partial charge in [-0.2, -0.15) is 0 Å². The van der Waals surface area contributed by atoms with E-state index in [2.05, 4.69) is 10.3 Å². The topological polar surface area (TPSA) is 58.3 Å². The lowest BCUT2D eigenvalue weighted by Crippen LogP contribution is -2.13. The predicted molar refractivity (Wildman–Crippen MR) is 47.1 cm³/mol. The fourth-order valence-electron chi connectivity index (χ4n) is 1.55. The van der Waals surface area contributed by atoms with Crippen molar-refractivity contribution in [3.63, 3.8) is 0 Å². The van der Waals surface area contributed by atoms with Crippen LogP contribution in [0, 0.1) is 0 Å². The van der Waals surface area contributed by atoms with E-state index in [1.807, 2.05) is 0 Å². The quantitative estimate of drug-likeness (QED) is 0.720. The lowest BCUT2D eigenvalue weighted by Gasteiger charge is -2.03. The van der Waals surface area contributed by atoms with Gasteiger partial charge in [-0.15, -0.1) is 0 Å². The summed E-state index contributed by atoms with van der Waals surface area (Å²) in [6, 6.07) is 0.243. The molecule has 0 aliphatic carbocycles. The highest BCUT2D eigenvalue weighted by molar-refractivity contribution is 5.03. The predicted octanol–water partition coefficient (Wildman–Crippen LogP) is 1.15. The number of nitrogens with zero attached hydrogens (tertiary/aromatic N) is 1. The molecule has 1 fully saturated rings. The summed E-state index contributed by atoms with van der Waals surface area (Å²) < 4.78 is 5.28. The molecule has 2 unspecified atom stereocenters. The van der Waals surface area contributed by atoms with Crippen LogP contribution in [0.3, 0.4) is 0 Å². The van der Waals surface area contributed by atoms with Crippen LogP contribution in [-0.2, 0) is 0 Å². The van der Waals surface area contributed by atoms with Gasteiger partial charge in [0.25, 0.3) is 0 Å². The maximum absolute atomic E-state index is 9.24. The zero-order valence-corrected chi connectivity index (χ0v) is 7.66. The summed E-state index contributed by atoms with van der Waals surface area (Å²) in [5.41, 5.74) is 0.615. The number of rotatable bonds is 2. The Morgan fingerprint density at radius 1 is 1.77 bits per heavy atom. The molecule has 0 radical (unpaired) electrons. The second-order valence-corrected chi connectivity index (χ2v) is 3.44. The summed E-state index contributed by atoms with van der Waals surface area (Å²) in [7, 11) is 0. The van der Waals surface area contributed by atoms with E-state index in [1.54, 1.807) is 6.92 Å². The average molecular weight is 182 g/mol. The first-order valence-corrected chi connectivity index (χ1v) is 4.64. The van der Waals surface area contributed by atoms with Crippen LogP contribution in [0.25, 0.3) is 0 Å². The monoisotopic (exact) mass is 182 g/mol. The molecule has 0 aromatic carbocycles. The molecule has 1 aliphatic heterocycles. The third-order valence-electron chi connectivity index (χ3n) is 2.33. The van der Waals surface area contributed by atoms with Gasteiger partial charge in [-0.1, -0.05) is 0 Å². The van der Waals surface area contributed by atoms with Gasteiger partial charge in [0.15, 0.2) is 0 Å². The van der Waals surface area contributed by atoms with Crippen LogP contribution in [0.15, 0.2) is 10.7 Å². The van der Waals surface area contributed by atoms with Crippen molar-refractivity contribution in [2.75, 3.05) is 6.54 Å². The minimum absolute atomic E-state index is 0.243. The summed E-state index contributed by atoms with van der Waals surface area (Å²) in [6.45, 7) is 2.71. The van der Waals surface area contributed by atoms with Gasteiger partial charge in [-0.3, -0.25) is 0 Å². The molecule has 72 valence electrons. The Morgan fingerprint density at radius 2 is 2.62 bits per heavy atom. The van der Waals surface area contributed by atoms with Crippen LogP contribution in [0.4, 0.5) is 0 Å². The van der Waals surface area contributed by atoms with Crippen molar-refractivity contribution in [1.29, 1.82) is 0 Å². The normalized spacial score (nSPS) is 24.9. The fourth-order valence-corrected chi connectivity index (χ4v) is 1.55. The molecule has 0 bridgehead atoms. The molecular formula is C9H14N2O2. The lowest BCUT2D eigenvalue weighted by atomic mass is 10.2. The Kier molecular flexibility index (Phi) is 2.33. The largest absolute Gasteiger partial charge is 0.447 e. The van der Waals surface area contributed by atoms with Crippen LogP contribution < -0.4 is 5.32 Å². The summed E-state index contributed by atoms with van der Waals surface area (Å²) in [4.78, 5) is 4.21. The van der Waals surface area contributed by atoms with Gasteiger partial charge in [-0.25, -0.2) is 4.98 Å². The standard InChI is InChI=1S/C9H14N2O2/c1-6(12)8-5-13-9(11-8)7-3-2-4-10-7/h5-7,10,12H,2-4H2,1H3. The third kappa shape index (κ3) is 1.73. The smallest absolute Gasteiger partial charge is 0.211 e. The molecule has 4 nitrogen and oxygen atoms in total. The molecule has 2 rings (SSSR count). The first kappa shape index (κ1) is 8.72. The summed E-state index contributed by atoms with van der Waals surface area (Å²) in [6.07, 6.45) is 3.22. The number of nitrogens with one attached hydrogen (secondary N) is 1. The average Bonchev–Trinajstić information content (AvgIpc) is 2.75. The van der Waals surface area contributed by atoms with Gasteiger partial charge in [0.05, 0.1) is 12.1 Å². The van der Waals surface area contributed by atoms with Gasteiger partial charge >= 0.3 is 0 Å². The molecule has 1 saturated heterocycles. The first-order chi connectivity index (χ1) is 6.27. The zero-order chi connectivity index (χ0) is 9.26. The van der Waals surface area contributed by atoms with Crippen LogP contribution >= 0.6 is 0 Å². The van der Waals surface area contributed by atoms with Crippen molar-refractivity contribution in [3.8, 4) is 0 Å². The van der Waals surface area contributed by atoms with Gasteiger partial charge in [0.2, 0.25) is 5.89 Å². The van der Waals surface area contributed by atoms with Gasteiger partial charge in [-0.05, 0) is 26.3 Å². The third-order valence-corrected chi connectivity index (χ3v) is 2.33. The Labute approximate surface area is 77.0 Å². The van der Waals surface area contributed by atoms with Crippen molar-refractivity contribution >= 4 is 0 Å². The second kappa shape index (κ2) is 3.47. The van der Waals surface area contributed by atoms with E-state index in [1.165, 1.54) is 6.26 Å². The van der Waals surface area contributed by atoms with E-state index in [9.17, 15) is 5.11 Å². The van der Waals surface area contributed by atoms with Crippen molar-refractivity contribution in [2.45, 2.75) is 31.9 Å². The number of aromatic nitrogens is 1. The van der Waals surface area contributed by atoms with Crippen LogP contribution in [0.2, 0.25) is 0 Å². The number of oxazole rings is 1. The SMILES string of the molecule is CC(O)c1coc(C2CCCN2)n1. The molecule has 4 heteroatoms. The summed E-state index contributed by atoms with van der Waals surface area (Å²) in [5.74, 6) is 0.702. The van der Waals surface area contributed by atoms with Crippen molar-refractivity contribution in [1.82, 2.24) is 10.3 Å². The Balaban J connectivity index is 2.12. The lowest BCUT2D eigenvalue weighted by molar-refractivity contribution is 0.194. The molecule has 1 aromatic heterocycles. The molecule has 2 N–H and O–H groups in total. The highest BCUT2D eigenvalue weighted by Crippen LogP contribution is 2.23. The van der Waals surface area contributed by atoms with E-state index in [0.29, 0.717) is 11.6 Å². The minimum atomic E-state index is -0.543. The molecule has 1 aromatic rings. The molecule has 1 aliphatic rings. The number of aliphatic hydroxyl groups is 1. The van der Waals surface area contributed by atoms with Crippen LogP contribution in [0.1, 0.15) is 43.5 Å². The molecule has 2 atom stereocenters. The molecular weight excluding hydrogens is 168 g/mol. The minimum Gasteiger partial charge on any atom is -0.447 e. The molecule has 13 heavy (non-hydrogen) atoms. The Morgan fingerprint density at radius 3 is 3.15 bits per heavy atom. The van der Waals surface area contributed by atoms with Crippen molar-refractivity contribution < 1.29 is 9.52 Å². The Bertz CT molecular complexity index is 277. The van der Waals surface area contributed by atoms with E-state index in [-0.39, 0.29) is 6.04 Å². The number of aliphatic hydroxyl groups excluding tert-OH is 1. The highest BCUT2D eigenvalue weighted by Gasteiger charge is 2.21. The van der Waals surface area contributed by atoms with Crippen LogP contribution in [0.5, 0.6) is 0 Å². The first-order valence-electron chi connectivity index (χ1n) is 4.64. The molecule has 0 amide bonds. The van der Waals surface area contributed by atoms with Gasteiger partial charge < -0.3 is 14.8 Å². The summed E-state index contributed by atoms with van der Waals surface area (Å²) >= 11 is 0. The van der Waals surface area contributed by atoms with Crippen molar-refractivity contribution in [3.05, 3.63) is 17.8 Å². The zero-order valence-electron chi connectivity index (χ0n) is 7.66. The molecule has 0 saturated carbocycles. The summed E-state index contributed by atoms with van der Waals surface area (Å²) in [5, 5.41) is 12.5.